The Labute approximate surface area is 129 Å². The Morgan fingerprint density at radius 2 is 2.23 bits per heavy atom. The van der Waals surface area contributed by atoms with Gasteiger partial charge in [-0.2, -0.15) is 0 Å². The Bertz CT molecular complexity index is 869. The highest BCUT2D eigenvalue weighted by Crippen LogP contribution is 2.40. The molecule has 7 heteroatoms. The predicted molar refractivity (Wildman–Crippen MR) is 81.1 cm³/mol. The van der Waals surface area contributed by atoms with Crippen molar-refractivity contribution in [2.45, 2.75) is 13.5 Å². The van der Waals surface area contributed by atoms with E-state index >= 15 is 0 Å². The second-order valence-electron chi connectivity index (χ2n) is 4.85. The highest BCUT2D eigenvalue weighted by Gasteiger charge is 2.23. The van der Waals surface area contributed by atoms with Crippen LogP contribution in [0.4, 0.5) is 5.13 Å². The maximum atomic E-state index is 12.1. The number of anilines is 1. The van der Waals surface area contributed by atoms with Crippen LogP contribution in [0.5, 0.6) is 5.75 Å². The third-order valence-corrected chi connectivity index (χ3v) is 4.22. The Morgan fingerprint density at radius 3 is 3.05 bits per heavy atom. The molecule has 3 aromatic rings. The molecule has 0 saturated carbocycles. The average Bonchev–Trinajstić information content (AvgIpc) is 3.13. The summed E-state index contributed by atoms with van der Waals surface area (Å²) < 4.78 is 10.6. The van der Waals surface area contributed by atoms with Crippen LogP contribution in [0, 0.1) is 6.92 Å². The van der Waals surface area contributed by atoms with E-state index < -0.39 is 0 Å². The smallest absolute Gasteiger partial charge is 0.279 e. The molecule has 0 aliphatic carbocycles. The number of nitrogens with one attached hydrogen (secondary N) is 1. The molecule has 0 bridgehead atoms. The molecule has 0 spiro atoms. The summed E-state index contributed by atoms with van der Waals surface area (Å²) in [6.07, 6.45) is 0. The number of hydrogen-bond acceptors (Lipinski definition) is 6. The lowest BCUT2D eigenvalue weighted by Gasteiger charge is -2.15. The number of carbonyl (C=O) groups excluding carboxylic acids is 1. The van der Waals surface area contributed by atoms with Crippen LogP contribution in [-0.4, -0.2) is 16.0 Å². The van der Waals surface area contributed by atoms with Crippen LogP contribution in [0.3, 0.4) is 0 Å². The number of thiazole rings is 1. The number of para-hydroxylation sites is 1. The Hall–Kier alpha value is -2.67. The first-order valence-corrected chi connectivity index (χ1v) is 7.49. The summed E-state index contributed by atoms with van der Waals surface area (Å²) >= 11 is 1.40. The van der Waals surface area contributed by atoms with Gasteiger partial charge in [-0.15, -0.1) is 0 Å². The molecule has 110 valence electrons. The summed E-state index contributed by atoms with van der Waals surface area (Å²) in [6.45, 7) is 2.20. The third-order valence-electron chi connectivity index (χ3n) is 3.28. The lowest BCUT2D eigenvalue weighted by Crippen LogP contribution is -2.11. The first-order chi connectivity index (χ1) is 10.7. The van der Waals surface area contributed by atoms with Crippen molar-refractivity contribution in [1.29, 1.82) is 0 Å². The van der Waals surface area contributed by atoms with E-state index in [1.165, 1.54) is 11.3 Å². The summed E-state index contributed by atoms with van der Waals surface area (Å²) in [5, 5.41) is 6.97. The zero-order valence-electron chi connectivity index (χ0n) is 11.6. The topological polar surface area (TPSA) is 77.2 Å². The minimum Gasteiger partial charge on any atom is -0.487 e. The van der Waals surface area contributed by atoms with Crippen LogP contribution in [0.15, 0.2) is 34.9 Å². The number of fused-ring (bicyclic) bond motifs is 3. The molecule has 0 unspecified atom stereocenters. The van der Waals surface area contributed by atoms with Gasteiger partial charge in [0.15, 0.2) is 10.8 Å². The van der Waals surface area contributed by atoms with Gasteiger partial charge in [-0.3, -0.25) is 10.1 Å². The number of hydrogen-bond donors (Lipinski definition) is 1. The fourth-order valence-electron chi connectivity index (χ4n) is 2.28. The molecule has 2 aromatic heterocycles. The van der Waals surface area contributed by atoms with Crippen LogP contribution in [0.25, 0.3) is 11.3 Å². The molecule has 3 heterocycles. The lowest BCUT2D eigenvalue weighted by molar-refractivity contribution is 0.101. The Kier molecular flexibility index (Phi) is 2.93. The molecule has 0 saturated heterocycles. The van der Waals surface area contributed by atoms with E-state index in [0.29, 0.717) is 17.5 Å². The summed E-state index contributed by atoms with van der Waals surface area (Å²) in [4.78, 5) is 17.6. The molecule has 1 aliphatic rings. The van der Waals surface area contributed by atoms with Gasteiger partial charge in [0.05, 0.1) is 10.6 Å². The van der Waals surface area contributed by atoms with Crippen molar-refractivity contribution in [3.8, 4) is 17.0 Å². The molecule has 1 aliphatic heterocycles. The first-order valence-electron chi connectivity index (χ1n) is 6.67. The predicted octanol–water partition coefficient (Wildman–Crippen LogP) is 3.25. The van der Waals surface area contributed by atoms with Gasteiger partial charge in [-0.1, -0.05) is 28.6 Å². The van der Waals surface area contributed by atoms with Crippen LogP contribution >= 0.6 is 11.3 Å². The quantitative estimate of drug-likeness (QED) is 0.786. The number of rotatable bonds is 2. The summed E-state index contributed by atoms with van der Waals surface area (Å²) in [6, 6.07) is 9.31. The van der Waals surface area contributed by atoms with Gasteiger partial charge in [-0.25, -0.2) is 4.98 Å². The maximum Gasteiger partial charge on any atom is 0.279 e. The molecule has 1 N–H and O–H groups in total. The van der Waals surface area contributed by atoms with Crippen molar-refractivity contribution in [2.24, 2.45) is 0 Å². The maximum absolute atomic E-state index is 12.1. The molecule has 0 atom stereocenters. The number of carbonyl (C=O) groups is 1. The van der Waals surface area contributed by atoms with Crippen LogP contribution in [-0.2, 0) is 6.61 Å². The van der Waals surface area contributed by atoms with E-state index in [2.05, 4.69) is 15.5 Å². The van der Waals surface area contributed by atoms with Gasteiger partial charge in [-0.05, 0) is 19.1 Å². The molecule has 1 amide bonds. The molecule has 4 rings (SSSR count). The number of ether oxygens (including phenoxy) is 1. The largest absolute Gasteiger partial charge is 0.487 e. The van der Waals surface area contributed by atoms with Crippen LogP contribution in [0.1, 0.15) is 21.1 Å². The highest BCUT2D eigenvalue weighted by molar-refractivity contribution is 7.16. The van der Waals surface area contributed by atoms with Crippen molar-refractivity contribution >= 4 is 22.4 Å². The van der Waals surface area contributed by atoms with E-state index in [0.717, 1.165) is 21.9 Å². The molecular weight excluding hydrogens is 302 g/mol. The molecule has 0 fully saturated rings. The van der Waals surface area contributed by atoms with Crippen LogP contribution in [0.2, 0.25) is 0 Å². The van der Waals surface area contributed by atoms with Crippen LogP contribution < -0.4 is 10.1 Å². The van der Waals surface area contributed by atoms with Gasteiger partial charge >= 0.3 is 0 Å². The van der Waals surface area contributed by atoms with E-state index in [1.54, 1.807) is 13.0 Å². The molecule has 22 heavy (non-hydrogen) atoms. The second-order valence-corrected chi connectivity index (χ2v) is 5.94. The normalized spacial score (nSPS) is 12.2. The summed E-state index contributed by atoms with van der Waals surface area (Å²) in [5.74, 6) is 1.06. The summed E-state index contributed by atoms with van der Waals surface area (Å²) in [5.41, 5.74) is 2.04. The minimum absolute atomic E-state index is 0.238. The van der Waals surface area contributed by atoms with Crippen molar-refractivity contribution in [2.75, 3.05) is 5.32 Å². The van der Waals surface area contributed by atoms with Gasteiger partial charge in [0.25, 0.3) is 5.91 Å². The number of benzene rings is 1. The fourth-order valence-corrected chi connectivity index (χ4v) is 3.16. The Morgan fingerprint density at radius 1 is 1.36 bits per heavy atom. The van der Waals surface area contributed by atoms with Crippen molar-refractivity contribution in [3.05, 3.63) is 46.7 Å². The van der Waals surface area contributed by atoms with E-state index in [4.69, 9.17) is 9.26 Å². The number of aryl methyl sites for hydroxylation is 1. The molecule has 1 aromatic carbocycles. The third kappa shape index (κ3) is 2.15. The molecular formula is C15H11N3O3S. The van der Waals surface area contributed by atoms with Gasteiger partial charge in [0.2, 0.25) is 0 Å². The lowest BCUT2D eigenvalue weighted by atomic mass is 10.1. The zero-order valence-corrected chi connectivity index (χ0v) is 12.4. The number of nitrogens with zero attached hydrogens (tertiary/aromatic N) is 2. The van der Waals surface area contributed by atoms with Crippen molar-refractivity contribution in [1.82, 2.24) is 10.1 Å². The van der Waals surface area contributed by atoms with E-state index in [-0.39, 0.29) is 11.6 Å². The summed E-state index contributed by atoms with van der Waals surface area (Å²) in [7, 11) is 0. The van der Waals surface area contributed by atoms with E-state index in [9.17, 15) is 4.79 Å². The fraction of sp³-hybridized carbons (Fsp3) is 0.133. The minimum atomic E-state index is -0.336. The van der Waals surface area contributed by atoms with Gasteiger partial charge in [0, 0.05) is 11.6 Å². The zero-order chi connectivity index (χ0) is 15.1. The standard InChI is InChI=1S/C15H11N3O3S/c1-8-6-10(18-21-8)14(19)17-15-16-13-9-4-2-3-5-11(9)20-7-12(13)22-15/h2-6H,7H2,1H3,(H,16,17,19). The molecule has 6 nitrogen and oxygen atoms in total. The van der Waals surface area contributed by atoms with Gasteiger partial charge < -0.3 is 9.26 Å². The monoisotopic (exact) mass is 313 g/mol. The second kappa shape index (κ2) is 4.96. The molecule has 0 radical (unpaired) electrons. The highest BCUT2D eigenvalue weighted by atomic mass is 32.1. The number of amides is 1. The van der Waals surface area contributed by atoms with Gasteiger partial charge in [0.1, 0.15) is 18.1 Å². The van der Waals surface area contributed by atoms with E-state index in [1.807, 2.05) is 24.3 Å². The van der Waals surface area contributed by atoms with Crippen molar-refractivity contribution in [3.63, 3.8) is 0 Å². The SMILES string of the molecule is Cc1cc(C(=O)Nc2nc3c(s2)COc2ccccc2-3)no1. The Balaban J connectivity index is 1.64. The number of aromatic nitrogens is 2. The van der Waals surface area contributed by atoms with Crippen molar-refractivity contribution < 1.29 is 14.1 Å². The average molecular weight is 313 g/mol. The first kappa shape index (κ1) is 13.0.